The first-order valence-corrected chi connectivity index (χ1v) is 10.7. The maximum Gasteiger partial charge on any atom is 0.229 e. The molecule has 5 nitrogen and oxygen atoms in total. The van der Waals surface area contributed by atoms with E-state index in [-0.39, 0.29) is 16.5 Å². The van der Waals surface area contributed by atoms with E-state index in [0.717, 1.165) is 37.8 Å². The van der Waals surface area contributed by atoms with Crippen molar-refractivity contribution in [3.05, 3.63) is 29.6 Å². The van der Waals surface area contributed by atoms with Crippen LogP contribution >= 0.6 is 0 Å². The molecular weight excluding hydrogens is 353 g/mol. The number of piperidine rings is 1. The van der Waals surface area contributed by atoms with Crippen molar-refractivity contribution in [3.63, 3.8) is 0 Å². The molecule has 0 bridgehead atoms. The van der Waals surface area contributed by atoms with Crippen molar-refractivity contribution in [1.82, 2.24) is 4.90 Å². The van der Waals surface area contributed by atoms with Gasteiger partial charge in [-0.25, -0.2) is 12.8 Å². The van der Waals surface area contributed by atoms with Crippen molar-refractivity contribution in [2.45, 2.75) is 46.6 Å². The molecule has 1 aromatic rings. The van der Waals surface area contributed by atoms with E-state index in [4.69, 9.17) is 0 Å². The van der Waals surface area contributed by atoms with Gasteiger partial charge in [0.15, 0.2) is 0 Å². The number of sulfonamides is 1. The van der Waals surface area contributed by atoms with Gasteiger partial charge in [-0.2, -0.15) is 5.26 Å². The molecule has 0 unspecified atom stereocenters. The first-order chi connectivity index (χ1) is 12.0. The van der Waals surface area contributed by atoms with Crippen LogP contribution in [0.3, 0.4) is 0 Å². The molecule has 0 radical (unpaired) electrons. The van der Waals surface area contributed by atoms with E-state index >= 15 is 0 Å². The van der Waals surface area contributed by atoms with Crippen molar-refractivity contribution >= 4 is 15.7 Å². The lowest BCUT2D eigenvalue weighted by Crippen LogP contribution is -2.46. The predicted octanol–water partition coefficient (Wildman–Crippen LogP) is 3.74. The van der Waals surface area contributed by atoms with Crippen LogP contribution in [0.15, 0.2) is 18.2 Å². The lowest BCUT2D eigenvalue weighted by atomic mass is 9.60. The van der Waals surface area contributed by atoms with E-state index in [0.29, 0.717) is 13.0 Å². The van der Waals surface area contributed by atoms with Crippen LogP contribution in [0.4, 0.5) is 10.1 Å². The lowest BCUT2D eigenvalue weighted by molar-refractivity contribution is 0.00711. The number of hydrogen-bond acceptors (Lipinski definition) is 4. The summed E-state index contributed by atoms with van der Waals surface area (Å²) in [5, 5.41) is 9.24. The summed E-state index contributed by atoms with van der Waals surface area (Å²) >= 11 is 0. The summed E-state index contributed by atoms with van der Waals surface area (Å²) in [5.74, 6) is -0.585. The third-order valence-electron chi connectivity index (χ3n) is 5.55. The van der Waals surface area contributed by atoms with Crippen LogP contribution in [0, 0.1) is 28.0 Å². The maximum absolute atomic E-state index is 13.8. The summed E-state index contributed by atoms with van der Waals surface area (Å²) < 4.78 is 38.8. The Labute approximate surface area is 156 Å². The van der Waals surface area contributed by atoms with Crippen molar-refractivity contribution in [1.29, 1.82) is 5.26 Å². The molecule has 0 amide bonds. The Kier molecular flexibility index (Phi) is 5.99. The number of anilines is 1. The van der Waals surface area contributed by atoms with E-state index < -0.39 is 15.8 Å². The highest BCUT2D eigenvalue weighted by atomic mass is 32.2. The molecule has 1 aliphatic heterocycles. The third kappa shape index (κ3) is 4.95. The van der Waals surface area contributed by atoms with Crippen LogP contribution in [0.2, 0.25) is 0 Å². The maximum atomic E-state index is 13.8. The smallest absolute Gasteiger partial charge is 0.229 e. The van der Waals surface area contributed by atoms with E-state index in [1.54, 1.807) is 12.1 Å². The molecule has 0 aromatic heterocycles. The molecule has 1 heterocycles. The lowest BCUT2D eigenvalue weighted by Gasteiger charge is -2.49. The second-order valence-corrected chi connectivity index (χ2v) is 10.1. The van der Waals surface area contributed by atoms with Gasteiger partial charge in [0, 0.05) is 13.0 Å². The Hall–Kier alpha value is -1.65. The quantitative estimate of drug-likeness (QED) is 0.843. The number of nitriles is 1. The third-order valence-corrected chi connectivity index (χ3v) is 6.14. The van der Waals surface area contributed by atoms with Gasteiger partial charge in [0.05, 0.1) is 18.0 Å². The molecular formula is C19H28FN3O2S. The van der Waals surface area contributed by atoms with Crippen molar-refractivity contribution in [2.24, 2.45) is 10.8 Å². The fourth-order valence-electron chi connectivity index (χ4n) is 3.69. The highest BCUT2D eigenvalue weighted by Gasteiger charge is 2.43. The first-order valence-electron chi connectivity index (χ1n) is 8.81. The van der Waals surface area contributed by atoms with Crippen LogP contribution in [0.5, 0.6) is 0 Å². The second-order valence-electron chi connectivity index (χ2n) is 8.33. The zero-order valence-electron chi connectivity index (χ0n) is 16.0. The van der Waals surface area contributed by atoms with Gasteiger partial charge in [0.1, 0.15) is 5.82 Å². The summed E-state index contributed by atoms with van der Waals surface area (Å²) in [7, 11) is -3.52. The number of nitrogens with one attached hydrogen (secondary N) is 1. The van der Waals surface area contributed by atoms with Gasteiger partial charge in [-0.15, -0.1) is 0 Å². The standard InChI is InChI=1S/C19H28FN3O2S/c1-18(2,3)19(7-10-21)8-11-23(12-9-19)14-15-5-6-16(20)17(13-15)22-26(4,24)25/h5-6,13,22H,7-9,11-12,14H2,1-4H3. The Morgan fingerprint density at radius 2 is 1.92 bits per heavy atom. The molecule has 0 atom stereocenters. The summed E-state index contributed by atoms with van der Waals surface area (Å²) in [6.07, 6.45) is 3.45. The molecule has 26 heavy (non-hydrogen) atoms. The topological polar surface area (TPSA) is 73.2 Å². The van der Waals surface area contributed by atoms with Gasteiger partial charge >= 0.3 is 0 Å². The van der Waals surface area contributed by atoms with Gasteiger partial charge in [-0.05, 0) is 54.5 Å². The first kappa shape index (κ1) is 20.7. The SMILES string of the molecule is CC(C)(C)C1(CC#N)CCN(Cc2ccc(F)c(NS(C)(=O)=O)c2)CC1. The summed E-state index contributed by atoms with van der Waals surface area (Å²) in [6, 6.07) is 6.89. The molecule has 1 saturated heterocycles. The fraction of sp³-hybridized carbons (Fsp3) is 0.632. The summed E-state index contributed by atoms with van der Waals surface area (Å²) in [4.78, 5) is 2.28. The van der Waals surface area contributed by atoms with Crippen LogP contribution < -0.4 is 4.72 Å². The average Bonchev–Trinajstić information content (AvgIpc) is 2.50. The van der Waals surface area contributed by atoms with E-state index in [1.165, 1.54) is 6.07 Å². The highest BCUT2D eigenvalue weighted by molar-refractivity contribution is 7.92. The minimum atomic E-state index is -3.52. The van der Waals surface area contributed by atoms with Gasteiger partial charge < -0.3 is 0 Å². The molecule has 1 aliphatic rings. The number of halogens is 1. The van der Waals surface area contributed by atoms with Gasteiger partial charge in [0.2, 0.25) is 10.0 Å². The minimum absolute atomic E-state index is 0.0179. The van der Waals surface area contributed by atoms with E-state index in [9.17, 15) is 18.1 Å². The van der Waals surface area contributed by atoms with Crippen molar-refractivity contribution in [2.75, 3.05) is 24.1 Å². The average molecular weight is 382 g/mol. The molecule has 0 aliphatic carbocycles. The molecule has 1 N–H and O–H groups in total. The highest BCUT2D eigenvalue weighted by Crippen LogP contribution is 2.49. The normalized spacial score (nSPS) is 18.3. The van der Waals surface area contributed by atoms with Crippen LogP contribution in [-0.2, 0) is 16.6 Å². The number of rotatable bonds is 5. The van der Waals surface area contributed by atoms with Crippen molar-refractivity contribution in [3.8, 4) is 6.07 Å². The van der Waals surface area contributed by atoms with Gasteiger partial charge in [-0.1, -0.05) is 26.8 Å². The molecule has 1 aromatic carbocycles. The van der Waals surface area contributed by atoms with Gasteiger partial charge in [-0.3, -0.25) is 9.62 Å². The molecule has 144 valence electrons. The second kappa shape index (κ2) is 7.53. The molecule has 1 fully saturated rings. The van der Waals surface area contributed by atoms with Crippen LogP contribution in [0.25, 0.3) is 0 Å². The Morgan fingerprint density at radius 1 is 1.31 bits per heavy atom. The van der Waals surface area contributed by atoms with Crippen LogP contribution in [0.1, 0.15) is 45.6 Å². The zero-order chi connectivity index (χ0) is 19.6. The molecule has 0 saturated carbocycles. The van der Waals surface area contributed by atoms with E-state index in [1.807, 2.05) is 0 Å². The van der Waals surface area contributed by atoms with Crippen molar-refractivity contribution < 1.29 is 12.8 Å². The zero-order valence-corrected chi connectivity index (χ0v) is 16.8. The number of benzene rings is 1. The molecule has 0 spiro atoms. The molecule has 7 heteroatoms. The van der Waals surface area contributed by atoms with Crippen LogP contribution in [-0.4, -0.2) is 32.7 Å². The summed E-state index contributed by atoms with van der Waals surface area (Å²) in [5.41, 5.74) is 0.929. The Morgan fingerprint density at radius 3 is 2.42 bits per heavy atom. The Bertz CT molecular complexity index is 786. The van der Waals surface area contributed by atoms with E-state index in [2.05, 4.69) is 36.5 Å². The number of likely N-dealkylation sites (tertiary alicyclic amines) is 1. The number of hydrogen-bond donors (Lipinski definition) is 1. The minimum Gasteiger partial charge on any atom is -0.299 e. The summed E-state index contributed by atoms with van der Waals surface area (Å²) in [6.45, 7) is 8.96. The molecule has 2 rings (SSSR count). The fourth-order valence-corrected chi connectivity index (χ4v) is 4.25. The van der Waals surface area contributed by atoms with Gasteiger partial charge in [0.25, 0.3) is 0 Å². The number of nitrogens with zero attached hydrogens (tertiary/aromatic N) is 2. The predicted molar refractivity (Wildman–Crippen MR) is 101 cm³/mol. The monoisotopic (exact) mass is 381 g/mol. The Balaban J connectivity index is 2.08. The largest absolute Gasteiger partial charge is 0.299 e.